The van der Waals surface area contributed by atoms with Crippen molar-refractivity contribution >= 4 is 5.91 Å². The summed E-state index contributed by atoms with van der Waals surface area (Å²) in [5.41, 5.74) is 7.62. The number of hydrogen-bond acceptors (Lipinski definition) is 4. The van der Waals surface area contributed by atoms with Crippen LogP contribution in [0.2, 0.25) is 0 Å². The van der Waals surface area contributed by atoms with Gasteiger partial charge in [-0.2, -0.15) is 0 Å². The number of likely N-dealkylation sites (tertiary alicyclic amines) is 1. The summed E-state index contributed by atoms with van der Waals surface area (Å²) in [4.78, 5) is 14.6. The van der Waals surface area contributed by atoms with Crippen molar-refractivity contribution in [1.82, 2.24) is 15.8 Å². The van der Waals surface area contributed by atoms with Crippen molar-refractivity contribution in [3.05, 3.63) is 35.9 Å². The average Bonchev–Trinajstić information content (AvgIpc) is 3.25. The van der Waals surface area contributed by atoms with Gasteiger partial charge in [0.15, 0.2) is 0 Å². The van der Waals surface area contributed by atoms with Gasteiger partial charge in [0.2, 0.25) is 5.91 Å². The van der Waals surface area contributed by atoms with E-state index in [9.17, 15) is 4.79 Å². The molecule has 0 radical (unpaired) electrons. The Morgan fingerprint density at radius 2 is 2.08 bits per heavy atom. The van der Waals surface area contributed by atoms with Gasteiger partial charge in [0.1, 0.15) is 6.04 Å². The van der Waals surface area contributed by atoms with Crippen LogP contribution in [-0.2, 0) is 16.1 Å². The summed E-state index contributed by atoms with van der Waals surface area (Å²) in [5, 5.41) is 0. The number of benzene rings is 1. The van der Waals surface area contributed by atoms with E-state index >= 15 is 0 Å². The number of nitrogens with one attached hydrogen (secondary N) is 2. The Balaban J connectivity index is 1.40. The lowest BCUT2D eigenvalue weighted by molar-refractivity contribution is -0.132. The van der Waals surface area contributed by atoms with Crippen LogP contribution in [0.4, 0.5) is 0 Å². The molecule has 3 unspecified atom stereocenters. The lowest BCUT2D eigenvalue weighted by Crippen LogP contribution is -2.45. The lowest BCUT2D eigenvalue weighted by atomic mass is 9.99. The second-order valence-electron chi connectivity index (χ2n) is 7.37. The number of ether oxygens (including phenoxy) is 1. The molecule has 24 heavy (non-hydrogen) atoms. The molecule has 0 saturated carbocycles. The predicted molar refractivity (Wildman–Crippen MR) is 94.1 cm³/mol. The maximum atomic E-state index is 12.6. The maximum absolute atomic E-state index is 12.6. The van der Waals surface area contributed by atoms with Gasteiger partial charge in [-0.3, -0.25) is 10.2 Å². The summed E-state index contributed by atoms with van der Waals surface area (Å²) < 4.78 is 5.84. The number of rotatable bonds is 6. The summed E-state index contributed by atoms with van der Waals surface area (Å²) in [7, 11) is 0. The third-order valence-corrected chi connectivity index (χ3v) is 5.10. The van der Waals surface area contributed by atoms with Gasteiger partial charge in [0.05, 0.1) is 13.2 Å². The highest BCUT2D eigenvalue weighted by atomic mass is 16.5. The quantitative estimate of drug-likeness (QED) is 0.836. The Morgan fingerprint density at radius 3 is 2.79 bits per heavy atom. The normalized spacial score (nSPS) is 27.1. The molecule has 0 bridgehead atoms. The summed E-state index contributed by atoms with van der Waals surface area (Å²) in [6.45, 7) is 7.41. The molecule has 1 amide bonds. The highest BCUT2D eigenvalue weighted by molar-refractivity contribution is 5.82. The molecule has 1 aromatic rings. The van der Waals surface area contributed by atoms with Gasteiger partial charge in [-0.25, -0.2) is 5.43 Å². The fourth-order valence-electron chi connectivity index (χ4n) is 3.49. The van der Waals surface area contributed by atoms with Crippen molar-refractivity contribution in [2.75, 3.05) is 19.7 Å². The third-order valence-electron chi connectivity index (χ3n) is 5.10. The largest absolute Gasteiger partial charge is 0.376 e. The predicted octanol–water partition coefficient (Wildman–Crippen LogP) is 1.94. The lowest BCUT2D eigenvalue weighted by Gasteiger charge is -2.20. The molecule has 0 aromatic heterocycles. The Morgan fingerprint density at radius 1 is 1.29 bits per heavy atom. The van der Waals surface area contributed by atoms with Crippen LogP contribution in [-0.4, -0.2) is 42.6 Å². The molecule has 132 valence electrons. The van der Waals surface area contributed by atoms with Gasteiger partial charge in [0, 0.05) is 25.0 Å². The van der Waals surface area contributed by atoms with Crippen molar-refractivity contribution in [2.45, 2.75) is 45.4 Å². The van der Waals surface area contributed by atoms with E-state index in [2.05, 4.69) is 36.8 Å². The van der Waals surface area contributed by atoms with E-state index in [1.165, 1.54) is 5.56 Å². The molecule has 0 aliphatic carbocycles. The fraction of sp³-hybridized carbons (Fsp3) is 0.632. The zero-order valence-electron chi connectivity index (χ0n) is 14.7. The minimum Gasteiger partial charge on any atom is -0.376 e. The molecule has 2 saturated heterocycles. The minimum atomic E-state index is -0.0820. The number of amides is 1. The van der Waals surface area contributed by atoms with Crippen LogP contribution in [0.3, 0.4) is 0 Å². The Labute approximate surface area is 144 Å². The average molecular weight is 331 g/mol. The van der Waals surface area contributed by atoms with Crippen LogP contribution in [0.15, 0.2) is 30.3 Å². The molecule has 3 rings (SSSR count). The number of carbonyl (C=O) groups is 1. The number of nitrogens with zero attached hydrogens (tertiary/aromatic N) is 1. The van der Waals surface area contributed by atoms with E-state index in [4.69, 9.17) is 4.74 Å². The zero-order valence-corrected chi connectivity index (χ0v) is 14.7. The molecule has 1 aromatic carbocycles. The van der Waals surface area contributed by atoms with Crippen LogP contribution >= 0.6 is 0 Å². The van der Waals surface area contributed by atoms with E-state index in [1.54, 1.807) is 0 Å². The fourth-order valence-corrected chi connectivity index (χ4v) is 3.49. The summed E-state index contributed by atoms with van der Waals surface area (Å²) in [6.07, 6.45) is 1.91. The van der Waals surface area contributed by atoms with Crippen molar-refractivity contribution in [1.29, 1.82) is 0 Å². The van der Waals surface area contributed by atoms with Crippen molar-refractivity contribution in [3.63, 3.8) is 0 Å². The Bertz CT molecular complexity index is 535. The van der Waals surface area contributed by atoms with Gasteiger partial charge < -0.3 is 9.64 Å². The van der Waals surface area contributed by atoms with Gasteiger partial charge in [0.25, 0.3) is 0 Å². The number of carbonyl (C=O) groups excluding carboxylic acids is 1. The van der Waals surface area contributed by atoms with E-state index in [-0.39, 0.29) is 11.9 Å². The summed E-state index contributed by atoms with van der Waals surface area (Å²) in [6, 6.07) is 10.5. The molecule has 5 nitrogen and oxygen atoms in total. The van der Waals surface area contributed by atoms with E-state index < -0.39 is 0 Å². The van der Waals surface area contributed by atoms with Gasteiger partial charge in [-0.15, -0.1) is 0 Å². The van der Waals surface area contributed by atoms with Gasteiger partial charge in [-0.05, 0) is 24.3 Å². The first-order chi connectivity index (χ1) is 11.6. The van der Waals surface area contributed by atoms with Gasteiger partial charge in [-0.1, -0.05) is 44.2 Å². The van der Waals surface area contributed by atoms with Crippen LogP contribution in [0.25, 0.3) is 0 Å². The smallest absolute Gasteiger partial charge is 0.241 e. The molecular weight excluding hydrogens is 302 g/mol. The molecule has 2 fully saturated rings. The first-order valence-corrected chi connectivity index (χ1v) is 9.05. The zero-order chi connectivity index (χ0) is 16.9. The van der Waals surface area contributed by atoms with Crippen molar-refractivity contribution in [2.24, 2.45) is 11.8 Å². The molecular formula is C19H29N3O2. The maximum Gasteiger partial charge on any atom is 0.241 e. The molecule has 2 aliphatic heterocycles. The van der Waals surface area contributed by atoms with Crippen LogP contribution in [0.1, 0.15) is 32.3 Å². The Hall–Kier alpha value is -1.43. The highest BCUT2D eigenvalue weighted by Crippen LogP contribution is 2.21. The molecule has 2 heterocycles. The van der Waals surface area contributed by atoms with E-state index in [0.29, 0.717) is 24.5 Å². The molecule has 2 N–H and O–H groups in total. The molecule has 0 spiro atoms. The van der Waals surface area contributed by atoms with Crippen LogP contribution in [0.5, 0.6) is 0 Å². The molecule has 5 heteroatoms. The first kappa shape index (κ1) is 17.4. The van der Waals surface area contributed by atoms with Crippen molar-refractivity contribution < 1.29 is 9.53 Å². The van der Waals surface area contributed by atoms with Crippen LogP contribution in [0, 0.1) is 11.8 Å². The topological polar surface area (TPSA) is 53.6 Å². The van der Waals surface area contributed by atoms with E-state index in [1.807, 2.05) is 23.1 Å². The monoisotopic (exact) mass is 331 g/mol. The first-order valence-electron chi connectivity index (χ1n) is 9.05. The SMILES string of the molecule is CC(C)C1CC(C(=O)N2CCC(COCc3ccccc3)C2)NN1. The highest BCUT2D eigenvalue weighted by Gasteiger charge is 2.36. The summed E-state index contributed by atoms with van der Waals surface area (Å²) >= 11 is 0. The standard InChI is InChI=1S/C19H29N3O2/c1-14(2)17-10-18(21-20-17)19(23)22-9-8-16(11-22)13-24-12-15-6-4-3-5-7-15/h3-7,14,16-18,20-21H,8-13H2,1-2H3. The molecule has 2 aliphatic rings. The molecule has 3 atom stereocenters. The van der Waals surface area contributed by atoms with Gasteiger partial charge >= 0.3 is 0 Å². The third kappa shape index (κ3) is 4.35. The second-order valence-corrected chi connectivity index (χ2v) is 7.37. The number of hydrogen-bond donors (Lipinski definition) is 2. The Kier molecular flexibility index (Phi) is 5.87. The van der Waals surface area contributed by atoms with E-state index in [0.717, 1.165) is 32.5 Å². The van der Waals surface area contributed by atoms with Crippen molar-refractivity contribution in [3.8, 4) is 0 Å². The summed E-state index contributed by atoms with van der Waals surface area (Å²) in [5.74, 6) is 1.22. The minimum absolute atomic E-state index is 0.0820. The van der Waals surface area contributed by atoms with Crippen LogP contribution < -0.4 is 10.9 Å². The number of hydrazine groups is 1. The second kappa shape index (κ2) is 8.10.